The van der Waals surface area contributed by atoms with Crippen molar-refractivity contribution in [3.8, 4) is 0 Å². The van der Waals surface area contributed by atoms with Gasteiger partial charge in [-0.1, -0.05) is 25.1 Å². The third kappa shape index (κ3) is 1.85. The molecule has 0 spiro atoms. The van der Waals surface area contributed by atoms with Crippen LogP contribution in [0, 0.1) is 11.8 Å². The van der Waals surface area contributed by atoms with E-state index >= 15 is 0 Å². The van der Waals surface area contributed by atoms with Crippen LogP contribution in [0.4, 0.5) is 0 Å². The van der Waals surface area contributed by atoms with Crippen LogP contribution < -0.4 is 5.32 Å². The van der Waals surface area contributed by atoms with Gasteiger partial charge < -0.3 is 10.2 Å². The van der Waals surface area contributed by atoms with E-state index in [1.165, 1.54) is 0 Å². The lowest BCUT2D eigenvalue weighted by Crippen LogP contribution is -2.50. The van der Waals surface area contributed by atoms with Gasteiger partial charge in [-0.15, -0.1) is 6.58 Å². The molecule has 2 rings (SSSR count). The maximum Gasteiger partial charge on any atom is 0.268 e. The number of nitrogens with one attached hydrogen (secondary N) is 1. The monoisotopic (exact) mass is 236 g/mol. The molecule has 0 bridgehead atoms. The smallest absolute Gasteiger partial charge is 0.268 e. The molecule has 1 fully saturated rings. The third-order valence-corrected chi connectivity index (χ3v) is 3.66. The van der Waals surface area contributed by atoms with Crippen LogP contribution in [-0.4, -0.2) is 23.8 Å². The zero-order valence-corrected chi connectivity index (χ0v) is 10.5. The molecule has 0 aromatic rings. The van der Waals surface area contributed by atoms with Crippen molar-refractivity contribution in [1.82, 2.24) is 5.32 Å². The van der Waals surface area contributed by atoms with E-state index in [4.69, 9.17) is 4.84 Å². The summed E-state index contributed by atoms with van der Waals surface area (Å²) in [5.41, 5.74) is 0.305. The molecule has 1 aliphatic heterocycles. The molecule has 0 radical (unpaired) electrons. The van der Waals surface area contributed by atoms with Gasteiger partial charge in [-0.05, 0) is 25.2 Å². The van der Waals surface area contributed by atoms with Crippen molar-refractivity contribution < 1.29 is 9.63 Å². The molecule has 1 amide bonds. The molecule has 94 valence electrons. The van der Waals surface area contributed by atoms with Crippen LogP contribution in [0.1, 0.15) is 33.1 Å². The minimum Gasteiger partial charge on any atom is -0.378 e. The zero-order chi connectivity index (χ0) is 12.5. The zero-order valence-electron chi connectivity index (χ0n) is 10.5. The average molecular weight is 236 g/mol. The molecule has 2 atom stereocenters. The fourth-order valence-electron chi connectivity index (χ4n) is 2.81. The second-order valence-corrected chi connectivity index (χ2v) is 5.10. The van der Waals surface area contributed by atoms with E-state index in [1.54, 1.807) is 6.08 Å². The summed E-state index contributed by atoms with van der Waals surface area (Å²) in [6, 6.07) is 0. The summed E-state index contributed by atoms with van der Waals surface area (Å²) >= 11 is 0. The highest BCUT2D eigenvalue weighted by molar-refractivity contribution is 5.99. The van der Waals surface area contributed by atoms with Crippen molar-refractivity contribution in [3.05, 3.63) is 12.7 Å². The highest BCUT2D eigenvalue weighted by Crippen LogP contribution is 2.45. The normalized spacial score (nSPS) is 30.8. The van der Waals surface area contributed by atoms with E-state index in [2.05, 4.69) is 30.9 Å². The second-order valence-electron chi connectivity index (χ2n) is 5.10. The number of hydrogen-bond acceptors (Lipinski definition) is 3. The van der Waals surface area contributed by atoms with Crippen LogP contribution >= 0.6 is 0 Å². The van der Waals surface area contributed by atoms with Crippen LogP contribution in [0.25, 0.3) is 0 Å². The van der Waals surface area contributed by atoms with Crippen LogP contribution in [0.3, 0.4) is 0 Å². The van der Waals surface area contributed by atoms with Crippen molar-refractivity contribution in [3.63, 3.8) is 0 Å². The Morgan fingerprint density at radius 3 is 3.18 bits per heavy atom. The van der Waals surface area contributed by atoms with Crippen molar-refractivity contribution >= 4 is 11.6 Å². The fourth-order valence-corrected chi connectivity index (χ4v) is 2.81. The van der Waals surface area contributed by atoms with Gasteiger partial charge in [0.2, 0.25) is 5.60 Å². The molecule has 0 saturated heterocycles. The Morgan fingerprint density at radius 1 is 1.76 bits per heavy atom. The Balaban J connectivity index is 2.16. The Kier molecular flexibility index (Phi) is 3.22. The van der Waals surface area contributed by atoms with Crippen LogP contribution in [0.5, 0.6) is 0 Å². The maximum absolute atomic E-state index is 12.2. The Labute approximate surface area is 102 Å². The summed E-state index contributed by atoms with van der Waals surface area (Å²) in [7, 11) is 0. The predicted octanol–water partition coefficient (Wildman–Crippen LogP) is 1.87. The van der Waals surface area contributed by atoms with E-state index in [9.17, 15) is 4.79 Å². The Morgan fingerprint density at radius 2 is 2.53 bits per heavy atom. The SMILES string of the molecule is C=CCNC(=O)C12CCCC1C(C(C)C)=NO2. The quantitative estimate of drug-likeness (QED) is 0.758. The molecule has 1 saturated carbocycles. The number of rotatable bonds is 4. The van der Waals surface area contributed by atoms with Gasteiger partial charge >= 0.3 is 0 Å². The van der Waals surface area contributed by atoms with Crippen molar-refractivity contribution in [1.29, 1.82) is 0 Å². The molecule has 4 heteroatoms. The molecular weight excluding hydrogens is 216 g/mol. The van der Waals surface area contributed by atoms with Gasteiger partial charge in [0.25, 0.3) is 5.91 Å². The average Bonchev–Trinajstić information content (AvgIpc) is 2.83. The van der Waals surface area contributed by atoms with Crippen LogP contribution in [0.15, 0.2) is 17.8 Å². The Hall–Kier alpha value is -1.32. The highest BCUT2D eigenvalue weighted by atomic mass is 16.7. The molecule has 2 aliphatic rings. The van der Waals surface area contributed by atoms with E-state index < -0.39 is 5.60 Å². The lowest BCUT2D eigenvalue weighted by molar-refractivity contribution is -0.145. The number of nitrogens with zero attached hydrogens (tertiary/aromatic N) is 1. The number of carbonyl (C=O) groups excluding carboxylic acids is 1. The molecule has 1 N–H and O–H groups in total. The summed E-state index contributed by atoms with van der Waals surface area (Å²) in [6.07, 6.45) is 4.47. The minimum atomic E-state index is -0.734. The highest BCUT2D eigenvalue weighted by Gasteiger charge is 2.57. The van der Waals surface area contributed by atoms with Crippen molar-refractivity contribution in [2.24, 2.45) is 17.0 Å². The number of hydrogen-bond donors (Lipinski definition) is 1. The van der Waals surface area contributed by atoms with Gasteiger partial charge in [0.1, 0.15) is 0 Å². The molecule has 1 aliphatic carbocycles. The fraction of sp³-hybridized carbons (Fsp3) is 0.692. The van der Waals surface area contributed by atoms with Crippen molar-refractivity contribution in [2.75, 3.05) is 6.54 Å². The van der Waals surface area contributed by atoms with Gasteiger partial charge in [0, 0.05) is 6.54 Å². The number of amides is 1. The molecule has 17 heavy (non-hydrogen) atoms. The first-order valence-corrected chi connectivity index (χ1v) is 6.27. The van der Waals surface area contributed by atoms with Crippen LogP contribution in [-0.2, 0) is 9.63 Å². The third-order valence-electron chi connectivity index (χ3n) is 3.66. The van der Waals surface area contributed by atoms with Crippen molar-refractivity contribution in [2.45, 2.75) is 38.7 Å². The van der Waals surface area contributed by atoms with E-state index in [-0.39, 0.29) is 11.8 Å². The minimum absolute atomic E-state index is 0.0423. The lowest BCUT2D eigenvalue weighted by atomic mass is 9.83. The van der Waals surface area contributed by atoms with Gasteiger partial charge in [-0.3, -0.25) is 4.79 Å². The van der Waals surface area contributed by atoms with Gasteiger partial charge in [0.05, 0.1) is 11.6 Å². The molecular formula is C13H20N2O2. The first kappa shape index (κ1) is 12.1. The first-order valence-electron chi connectivity index (χ1n) is 6.27. The maximum atomic E-state index is 12.2. The summed E-state index contributed by atoms with van der Waals surface area (Å²) in [6.45, 7) is 8.27. The Bertz CT molecular complexity index is 362. The lowest BCUT2D eigenvalue weighted by Gasteiger charge is -2.26. The number of oxime groups is 1. The van der Waals surface area contributed by atoms with Gasteiger partial charge in [0.15, 0.2) is 0 Å². The summed E-state index contributed by atoms with van der Waals surface area (Å²) in [5.74, 6) is 0.457. The molecule has 4 nitrogen and oxygen atoms in total. The number of fused-ring (bicyclic) bond motifs is 1. The molecule has 0 aromatic carbocycles. The predicted molar refractivity (Wildman–Crippen MR) is 66.6 cm³/mol. The summed E-state index contributed by atoms with van der Waals surface area (Å²) in [4.78, 5) is 17.8. The molecule has 2 unspecified atom stereocenters. The molecule has 0 aromatic heterocycles. The van der Waals surface area contributed by atoms with Gasteiger partial charge in [-0.25, -0.2) is 0 Å². The summed E-state index contributed by atoms with van der Waals surface area (Å²) in [5, 5.41) is 6.99. The van der Waals surface area contributed by atoms with E-state index in [1.807, 2.05) is 0 Å². The molecule has 1 heterocycles. The first-order chi connectivity index (χ1) is 8.12. The summed E-state index contributed by atoms with van der Waals surface area (Å²) < 4.78 is 0. The standard InChI is InChI=1S/C13H20N2O2/c1-4-8-14-12(16)13-7-5-6-10(13)11(9(2)3)15-17-13/h4,9-10H,1,5-8H2,2-3H3,(H,14,16). The second kappa shape index (κ2) is 4.51. The largest absolute Gasteiger partial charge is 0.378 e. The number of carbonyl (C=O) groups is 1. The van der Waals surface area contributed by atoms with E-state index in [0.717, 1.165) is 25.0 Å². The van der Waals surface area contributed by atoms with Gasteiger partial charge in [-0.2, -0.15) is 0 Å². The van der Waals surface area contributed by atoms with Crippen LogP contribution in [0.2, 0.25) is 0 Å². The topological polar surface area (TPSA) is 50.7 Å². The van der Waals surface area contributed by atoms with E-state index in [0.29, 0.717) is 12.5 Å².